The van der Waals surface area contributed by atoms with Crippen molar-refractivity contribution in [3.05, 3.63) is 53.6 Å². The zero-order valence-electron chi connectivity index (χ0n) is 9.84. The molecule has 0 fully saturated rings. The van der Waals surface area contributed by atoms with Gasteiger partial charge in [-0.05, 0) is 11.6 Å². The van der Waals surface area contributed by atoms with Gasteiger partial charge in [0.05, 0.1) is 0 Å². The molecule has 3 atom stereocenters. The van der Waals surface area contributed by atoms with Gasteiger partial charge >= 0.3 is 0 Å². The molecule has 0 unspecified atom stereocenters. The number of hydrogen-bond donors (Lipinski definition) is 0. The summed E-state index contributed by atoms with van der Waals surface area (Å²) in [7, 11) is 0. The number of fused-ring (bicyclic) bond motifs is 1. The summed E-state index contributed by atoms with van der Waals surface area (Å²) in [6.07, 6.45) is -2.80. The first-order chi connectivity index (χ1) is 9.33. The Kier molecular flexibility index (Phi) is 2.46. The maximum Gasteiger partial charge on any atom is 0.244 e. The van der Waals surface area contributed by atoms with Crippen LogP contribution in [0.1, 0.15) is 5.56 Å². The molecule has 3 aliphatic rings. The van der Waals surface area contributed by atoms with Gasteiger partial charge in [-0.3, -0.25) is 4.79 Å². The molecule has 0 N–H and O–H groups in total. The smallest absolute Gasteiger partial charge is 0.244 e. The van der Waals surface area contributed by atoms with E-state index in [1.807, 2.05) is 0 Å². The second-order valence-corrected chi connectivity index (χ2v) is 4.70. The summed E-state index contributed by atoms with van der Waals surface area (Å²) < 4.78 is 69.9. The van der Waals surface area contributed by atoms with Crippen LogP contribution in [0.15, 0.2) is 48.1 Å². The molecule has 20 heavy (non-hydrogen) atoms. The molecule has 0 amide bonds. The van der Waals surface area contributed by atoms with Crippen molar-refractivity contribution in [1.29, 1.82) is 0 Å². The molecule has 0 radical (unpaired) electrons. The Morgan fingerprint density at radius 2 is 1.60 bits per heavy atom. The summed E-state index contributed by atoms with van der Waals surface area (Å²) in [6.45, 7) is 0. The van der Waals surface area contributed by atoms with Crippen LogP contribution in [0.3, 0.4) is 0 Å². The Morgan fingerprint density at radius 3 is 2.20 bits per heavy atom. The summed E-state index contributed by atoms with van der Waals surface area (Å²) in [4.78, 5) is 11.4. The molecule has 3 aliphatic carbocycles. The van der Waals surface area contributed by atoms with Gasteiger partial charge in [-0.2, -0.15) is 0 Å². The molecule has 1 nitrogen and oxygen atoms in total. The average molecular weight is 286 g/mol. The highest BCUT2D eigenvalue weighted by molar-refractivity contribution is 6.07. The molecule has 0 aromatic heterocycles. The van der Waals surface area contributed by atoms with E-state index in [1.54, 1.807) is 6.07 Å². The topological polar surface area (TPSA) is 17.1 Å². The van der Waals surface area contributed by atoms with Crippen LogP contribution in [0, 0.1) is 0 Å². The van der Waals surface area contributed by atoms with Crippen molar-refractivity contribution in [3.8, 4) is 0 Å². The van der Waals surface area contributed by atoms with Crippen LogP contribution in [0.4, 0.5) is 22.0 Å². The number of halogens is 5. The van der Waals surface area contributed by atoms with Crippen LogP contribution in [-0.2, 0) is 4.79 Å². The Bertz CT molecular complexity index is 665. The normalized spacial score (nSPS) is 36.4. The molecular formula is C14H7F5O. The number of carbonyl (C=O) groups excluding carboxylic acids is 1. The van der Waals surface area contributed by atoms with E-state index in [-0.39, 0.29) is 5.56 Å². The van der Waals surface area contributed by atoms with Gasteiger partial charge in [0.15, 0.2) is 11.7 Å². The number of rotatable bonds is 1. The Balaban J connectivity index is 2.31. The van der Waals surface area contributed by atoms with Crippen molar-refractivity contribution < 1.29 is 26.7 Å². The minimum atomic E-state index is -3.61. The van der Waals surface area contributed by atoms with Crippen LogP contribution >= 0.6 is 0 Å². The van der Waals surface area contributed by atoms with E-state index in [2.05, 4.69) is 0 Å². The number of allylic oxidation sites excluding steroid dienone is 4. The lowest BCUT2D eigenvalue weighted by atomic mass is 9.67. The summed E-state index contributed by atoms with van der Waals surface area (Å²) in [5, 5.41) is 0. The molecule has 1 aromatic rings. The molecule has 0 aliphatic heterocycles. The third-order valence-corrected chi connectivity index (χ3v) is 3.59. The molecule has 6 heteroatoms. The van der Waals surface area contributed by atoms with Gasteiger partial charge in [-0.1, -0.05) is 30.3 Å². The number of hydrogen-bond acceptors (Lipinski definition) is 1. The third-order valence-electron chi connectivity index (χ3n) is 3.59. The van der Waals surface area contributed by atoms with E-state index in [4.69, 9.17) is 0 Å². The first-order valence-corrected chi connectivity index (χ1v) is 5.74. The lowest BCUT2D eigenvalue weighted by molar-refractivity contribution is -0.139. The predicted octanol–water partition coefficient (Wildman–Crippen LogP) is 3.57. The molecule has 1 aromatic carbocycles. The van der Waals surface area contributed by atoms with Crippen molar-refractivity contribution in [2.75, 3.05) is 0 Å². The second-order valence-electron chi connectivity index (χ2n) is 4.70. The van der Waals surface area contributed by atoms with Crippen molar-refractivity contribution in [2.24, 2.45) is 0 Å². The second kappa shape index (κ2) is 3.77. The summed E-state index contributed by atoms with van der Waals surface area (Å²) >= 11 is 0. The van der Waals surface area contributed by atoms with Crippen LogP contribution in [-0.4, -0.2) is 23.3 Å². The maximum absolute atomic E-state index is 14.6. The van der Waals surface area contributed by atoms with E-state index in [9.17, 15) is 26.7 Å². The number of ketones is 1. The Hall–Kier alpha value is -1.98. The number of alkyl halides is 3. The molecular weight excluding hydrogens is 279 g/mol. The largest absolute Gasteiger partial charge is 0.292 e. The van der Waals surface area contributed by atoms with Gasteiger partial charge in [-0.15, -0.1) is 0 Å². The molecule has 0 heterocycles. The fourth-order valence-electron chi connectivity index (χ4n) is 2.51. The predicted molar refractivity (Wildman–Crippen MR) is 61.2 cm³/mol. The Labute approximate surface area is 110 Å². The van der Waals surface area contributed by atoms with Gasteiger partial charge in [0.2, 0.25) is 23.3 Å². The third kappa shape index (κ3) is 1.29. The fourth-order valence-corrected chi connectivity index (χ4v) is 2.51. The maximum atomic E-state index is 14.6. The first kappa shape index (κ1) is 13.0. The van der Waals surface area contributed by atoms with Crippen LogP contribution < -0.4 is 0 Å². The van der Waals surface area contributed by atoms with Gasteiger partial charge < -0.3 is 0 Å². The van der Waals surface area contributed by atoms with Crippen LogP contribution in [0.25, 0.3) is 5.57 Å². The Morgan fingerprint density at radius 1 is 1.00 bits per heavy atom. The number of Topliss-reactive ketones (excluding diaryl/α,β-unsaturated/α-hetero) is 1. The molecule has 0 saturated carbocycles. The lowest BCUT2D eigenvalue weighted by Gasteiger charge is -2.42. The summed E-state index contributed by atoms with van der Waals surface area (Å²) in [6, 6.07) is 7.03. The molecule has 0 saturated heterocycles. The summed E-state index contributed by atoms with van der Waals surface area (Å²) in [5.74, 6) is -6.38. The highest BCUT2D eigenvalue weighted by atomic mass is 19.2. The SMILES string of the molecule is O=C1[C@@H](F)[C@@]2(F)C(c3ccccc3)=C[C@@]1(F)C(F)=C2F. The number of benzene rings is 1. The summed E-state index contributed by atoms with van der Waals surface area (Å²) in [5.41, 5.74) is -7.93. The monoisotopic (exact) mass is 286 g/mol. The van der Waals surface area contributed by atoms with Crippen molar-refractivity contribution in [1.82, 2.24) is 0 Å². The minimum Gasteiger partial charge on any atom is -0.292 e. The van der Waals surface area contributed by atoms with E-state index >= 15 is 0 Å². The van der Waals surface area contributed by atoms with Crippen LogP contribution in [0.2, 0.25) is 0 Å². The first-order valence-electron chi connectivity index (χ1n) is 5.74. The molecule has 4 rings (SSSR count). The molecule has 2 bridgehead atoms. The number of carbonyl (C=O) groups is 1. The fraction of sp³-hybridized carbons (Fsp3) is 0.214. The molecule has 104 valence electrons. The van der Waals surface area contributed by atoms with E-state index in [0.29, 0.717) is 6.08 Å². The van der Waals surface area contributed by atoms with E-state index in [1.165, 1.54) is 24.3 Å². The van der Waals surface area contributed by atoms with Gasteiger partial charge in [0, 0.05) is 5.57 Å². The highest BCUT2D eigenvalue weighted by Crippen LogP contribution is 2.56. The lowest BCUT2D eigenvalue weighted by Crippen LogP contribution is -2.59. The van der Waals surface area contributed by atoms with Crippen molar-refractivity contribution in [3.63, 3.8) is 0 Å². The average Bonchev–Trinajstić information content (AvgIpc) is 2.46. The minimum absolute atomic E-state index is 0.0187. The quantitative estimate of drug-likeness (QED) is 0.721. The molecule has 0 spiro atoms. The highest BCUT2D eigenvalue weighted by Gasteiger charge is 2.69. The van der Waals surface area contributed by atoms with Gasteiger partial charge in [0.1, 0.15) is 0 Å². The van der Waals surface area contributed by atoms with Gasteiger partial charge in [-0.25, -0.2) is 22.0 Å². The van der Waals surface area contributed by atoms with Crippen molar-refractivity contribution in [2.45, 2.75) is 17.5 Å². The zero-order chi connectivity index (χ0) is 14.7. The van der Waals surface area contributed by atoms with Crippen LogP contribution in [0.5, 0.6) is 0 Å². The van der Waals surface area contributed by atoms with Gasteiger partial charge in [0.25, 0.3) is 0 Å². The standard InChI is InChI=1S/C14H7F5O/c15-9-10(16)14(19)8(7-4-2-1-3-5-7)6-13(9,18)12(20)11(14)17/h1-6,11H/t11-,13-,14-/m1/s1. The zero-order valence-corrected chi connectivity index (χ0v) is 9.84. The van der Waals surface area contributed by atoms with Crippen molar-refractivity contribution >= 4 is 11.4 Å². The van der Waals surface area contributed by atoms with E-state index < -0.39 is 40.5 Å². The van der Waals surface area contributed by atoms with E-state index in [0.717, 1.165) is 0 Å².